The molecule has 1 atom stereocenters. The van der Waals surface area contributed by atoms with Crippen LogP contribution in [0.5, 0.6) is 0 Å². The number of amides is 1. The standard InChI is InChI=1S/C10H22N2O2/c1-4-9(11)7-14-8-10(13)12(5-2)6-3/h9H,4-8,11H2,1-3H3. The van der Waals surface area contributed by atoms with E-state index in [1.54, 1.807) is 4.90 Å². The smallest absolute Gasteiger partial charge is 0.248 e. The van der Waals surface area contributed by atoms with Gasteiger partial charge in [0.05, 0.1) is 6.61 Å². The zero-order valence-corrected chi connectivity index (χ0v) is 9.45. The summed E-state index contributed by atoms with van der Waals surface area (Å²) >= 11 is 0. The second-order valence-electron chi connectivity index (χ2n) is 3.25. The van der Waals surface area contributed by atoms with Crippen molar-refractivity contribution in [3.8, 4) is 0 Å². The van der Waals surface area contributed by atoms with Gasteiger partial charge in [-0.2, -0.15) is 0 Å². The average Bonchev–Trinajstić information content (AvgIpc) is 2.19. The molecule has 0 saturated heterocycles. The monoisotopic (exact) mass is 202 g/mol. The third-order valence-corrected chi connectivity index (χ3v) is 2.20. The minimum atomic E-state index is 0.0401. The first-order valence-corrected chi connectivity index (χ1v) is 5.26. The van der Waals surface area contributed by atoms with E-state index in [1.807, 2.05) is 20.8 Å². The first-order valence-electron chi connectivity index (χ1n) is 5.26. The molecule has 0 bridgehead atoms. The van der Waals surface area contributed by atoms with Gasteiger partial charge in [-0.15, -0.1) is 0 Å². The molecule has 0 spiro atoms. The van der Waals surface area contributed by atoms with Crippen LogP contribution < -0.4 is 5.73 Å². The molecule has 0 aliphatic rings. The molecule has 0 rings (SSSR count). The summed E-state index contributed by atoms with van der Waals surface area (Å²) in [5.41, 5.74) is 5.65. The van der Waals surface area contributed by atoms with Crippen LogP contribution in [0.25, 0.3) is 0 Å². The Kier molecular flexibility index (Phi) is 7.42. The van der Waals surface area contributed by atoms with Crippen LogP contribution >= 0.6 is 0 Å². The summed E-state index contributed by atoms with van der Waals surface area (Å²) in [4.78, 5) is 13.2. The maximum Gasteiger partial charge on any atom is 0.248 e. The second-order valence-corrected chi connectivity index (χ2v) is 3.25. The summed E-state index contributed by atoms with van der Waals surface area (Å²) in [6, 6.07) is 0.0412. The molecule has 0 aromatic heterocycles. The molecule has 1 amide bonds. The van der Waals surface area contributed by atoms with Crippen molar-refractivity contribution < 1.29 is 9.53 Å². The van der Waals surface area contributed by atoms with Crippen LogP contribution in [0.1, 0.15) is 27.2 Å². The Balaban J connectivity index is 3.62. The molecule has 2 N–H and O–H groups in total. The number of hydrogen-bond donors (Lipinski definition) is 1. The van der Waals surface area contributed by atoms with Gasteiger partial charge in [0.2, 0.25) is 5.91 Å². The lowest BCUT2D eigenvalue weighted by Crippen LogP contribution is -2.35. The molecule has 4 heteroatoms. The van der Waals surface area contributed by atoms with E-state index < -0.39 is 0 Å². The van der Waals surface area contributed by atoms with Gasteiger partial charge < -0.3 is 15.4 Å². The Labute approximate surface area is 86.4 Å². The molecule has 0 fully saturated rings. The summed E-state index contributed by atoms with van der Waals surface area (Å²) in [6.45, 7) is 7.99. The van der Waals surface area contributed by atoms with Crippen molar-refractivity contribution in [2.24, 2.45) is 5.73 Å². The molecule has 1 unspecified atom stereocenters. The van der Waals surface area contributed by atoms with Crippen LogP contribution in [0, 0.1) is 0 Å². The maximum absolute atomic E-state index is 11.4. The van der Waals surface area contributed by atoms with Crippen molar-refractivity contribution >= 4 is 5.91 Å². The van der Waals surface area contributed by atoms with Crippen LogP contribution in [0.15, 0.2) is 0 Å². The van der Waals surface area contributed by atoms with Gasteiger partial charge in [-0.05, 0) is 20.3 Å². The van der Waals surface area contributed by atoms with Crippen LogP contribution in [0.2, 0.25) is 0 Å². The van der Waals surface area contributed by atoms with Crippen molar-refractivity contribution in [2.75, 3.05) is 26.3 Å². The van der Waals surface area contributed by atoms with E-state index in [2.05, 4.69) is 0 Å². The van der Waals surface area contributed by atoms with Crippen molar-refractivity contribution in [1.82, 2.24) is 4.90 Å². The molecule has 0 heterocycles. The van der Waals surface area contributed by atoms with Crippen molar-refractivity contribution in [3.05, 3.63) is 0 Å². The predicted molar refractivity (Wildman–Crippen MR) is 57.0 cm³/mol. The predicted octanol–water partition coefficient (Wildman–Crippen LogP) is 0.609. The third-order valence-electron chi connectivity index (χ3n) is 2.20. The van der Waals surface area contributed by atoms with Gasteiger partial charge in [-0.1, -0.05) is 6.92 Å². The summed E-state index contributed by atoms with van der Waals surface area (Å²) in [5.74, 6) is 0.0401. The molecule has 0 aromatic carbocycles. The summed E-state index contributed by atoms with van der Waals surface area (Å²) in [6.07, 6.45) is 0.874. The molecule has 0 radical (unpaired) electrons. The number of likely N-dealkylation sites (N-methyl/N-ethyl adjacent to an activating group) is 1. The molecular weight excluding hydrogens is 180 g/mol. The number of nitrogens with two attached hydrogens (primary N) is 1. The van der Waals surface area contributed by atoms with Crippen LogP contribution in [0.3, 0.4) is 0 Å². The van der Waals surface area contributed by atoms with Crippen molar-refractivity contribution in [1.29, 1.82) is 0 Å². The fourth-order valence-corrected chi connectivity index (χ4v) is 1.08. The topological polar surface area (TPSA) is 55.6 Å². The number of nitrogens with zero attached hydrogens (tertiary/aromatic N) is 1. The van der Waals surface area contributed by atoms with Gasteiger partial charge in [0, 0.05) is 19.1 Å². The molecule has 84 valence electrons. The van der Waals surface area contributed by atoms with E-state index in [0.29, 0.717) is 6.61 Å². The van der Waals surface area contributed by atoms with E-state index in [-0.39, 0.29) is 18.6 Å². The normalized spacial score (nSPS) is 12.6. The highest BCUT2D eigenvalue weighted by Crippen LogP contribution is 1.92. The Morgan fingerprint density at radius 3 is 2.36 bits per heavy atom. The fourth-order valence-electron chi connectivity index (χ4n) is 1.08. The molecule has 0 saturated carbocycles. The number of hydrogen-bond acceptors (Lipinski definition) is 3. The maximum atomic E-state index is 11.4. The Bertz CT molecular complexity index is 158. The van der Waals surface area contributed by atoms with E-state index in [0.717, 1.165) is 19.5 Å². The highest BCUT2D eigenvalue weighted by atomic mass is 16.5. The molecule has 0 aromatic rings. The largest absolute Gasteiger partial charge is 0.370 e. The van der Waals surface area contributed by atoms with Gasteiger partial charge in [0.15, 0.2) is 0 Å². The molecule has 0 aliphatic heterocycles. The van der Waals surface area contributed by atoms with Crippen LogP contribution in [-0.2, 0) is 9.53 Å². The fraction of sp³-hybridized carbons (Fsp3) is 0.900. The highest BCUT2D eigenvalue weighted by molar-refractivity contribution is 5.77. The average molecular weight is 202 g/mol. The Morgan fingerprint density at radius 2 is 1.93 bits per heavy atom. The van der Waals surface area contributed by atoms with Crippen molar-refractivity contribution in [2.45, 2.75) is 33.2 Å². The number of carbonyl (C=O) groups excluding carboxylic acids is 1. The first kappa shape index (κ1) is 13.4. The van der Waals surface area contributed by atoms with E-state index >= 15 is 0 Å². The van der Waals surface area contributed by atoms with Gasteiger partial charge in [-0.3, -0.25) is 4.79 Å². The SMILES string of the molecule is CCC(N)COCC(=O)N(CC)CC. The molecule has 0 aliphatic carbocycles. The van der Waals surface area contributed by atoms with E-state index in [9.17, 15) is 4.79 Å². The third kappa shape index (κ3) is 5.19. The van der Waals surface area contributed by atoms with Gasteiger partial charge in [0.25, 0.3) is 0 Å². The van der Waals surface area contributed by atoms with Gasteiger partial charge >= 0.3 is 0 Å². The first-order chi connectivity index (χ1) is 6.65. The minimum Gasteiger partial charge on any atom is -0.370 e. The van der Waals surface area contributed by atoms with E-state index in [1.165, 1.54) is 0 Å². The summed E-state index contributed by atoms with van der Waals surface area (Å²) in [5, 5.41) is 0. The lowest BCUT2D eigenvalue weighted by Gasteiger charge is -2.19. The summed E-state index contributed by atoms with van der Waals surface area (Å²) in [7, 11) is 0. The zero-order chi connectivity index (χ0) is 11.0. The van der Waals surface area contributed by atoms with Crippen LogP contribution in [-0.4, -0.2) is 43.2 Å². The Morgan fingerprint density at radius 1 is 1.36 bits per heavy atom. The van der Waals surface area contributed by atoms with Gasteiger partial charge in [-0.25, -0.2) is 0 Å². The van der Waals surface area contributed by atoms with Gasteiger partial charge in [0.1, 0.15) is 6.61 Å². The quantitative estimate of drug-likeness (QED) is 0.658. The zero-order valence-electron chi connectivity index (χ0n) is 9.45. The van der Waals surface area contributed by atoms with Crippen LogP contribution in [0.4, 0.5) is 0 Å². The van der Waals surface area contributed by atoms with Crippen molar-refractivity contribution in [3.63, 3.8) is 0 Å². The molecule has 4 nitrogen and oxygen atoms in total. The number of rotatable bonds is 7. The molecular formula is C10H22N2O2. The Hall–Kier alpha value is -0.610. The number of carbonyl (C=O) groups is 1. The lowest BCUT2D eigenvalue weighted by molar-refractivity contribution is -0.135. The second kappa shape index (κ2) is 7.76. The summed E-state index contributed by atoms with van der Waals surface area (Å²) < 4.78 is 5.22. The lowest BCUT2D eigenvalue weighted by atomic mass is 10.3. The number of ether oxygens (including phenoxy) is 1. The highest BCUT2D eigenvalue weighted by Gasteiger charge is 2.09. The minimum absolute atomic E-state index is 0.0401. The van der Waals surface area contributed by atoms with E-state index in [4.69, 9.17) is 10.5 Å². The molecule has 14 heavy (non-hydrogen) atoms.